The van der Waals surface area contributed by atoms with Crippen LogP contribution in [0.25, 0.3) is 0 Å². The van der Waals surface area contributed by atoms with E-state index in [1.165, 1.54) is 16.7 Å². The molecular formula is C23H28N2OS. The molecule has 4 heteroatoms. The summed E-state index contributed by atoms with van der Waals surface area (Å²) < 4.78 is 0. The van der Waals surface area contributed by atoms with Crippen LogP contribution in [0.2, 0.25) is 0 Å². The molecule has 1 saturated heterocycles. The fraction of sp³-hybridized carbons (Fsp3) is 0.435. The van der Waals surface area contributed by atoms with Gasteiger partial charge in [-0.25, -0.2) is 0 Å². The largest absolute Gasteiger partial charge is 0.351 e. The normalized spacial score (nSPS) is 20.6. The summed E-state index contributed by atoms with van der Waals surface area (Å²) in [5, 5.41) is 3.37. The standard InChI is InChI=1S/C23H28N2OS/c1-25(13-11-18-7-3-2-4-8-18)23(22(26)24-21-12-14-27-17-21)15-19-9-5-6-10-20(19)16-23/h2-10,21H,11-17H2,1H3,(H,24,26)/t21-/m0/s1. The predicted molar refractivity (Wildman–Crippen MR) is 113 cm³/mol. The molecule has 0 saturated carbocycles. The maximum atomic E-state index is 13.5. The van der Waals surface area contributed by atoms with Gasteiger partial charge in [0.25, 0.3) is 0 Å². The molecule has 1 atom stereocenters. The smallest absolute Gasteiger partial charge is 0.241 e. The molecular weight excluding hydrogens is 352 g/mol. The van der Waals surface area contributed by atoms with Crippen molar-refractivity contribution in [3.8, 4) is 0 Å². The number of likely N-dealkylation sites (N-methyl/N-ethyl adjacent to an activating group) is 1. The van der Waals surface area contributed by atoms with Crippen LogP contribution in [0.15, 0.2) is 54.6 Å². The molecule has 1 fully saturated rings. The number of rotatable bonds is 6. The monoisotopic (exact) mass is 380 g/mol. The van der Waals surface area contributed by atoms with Gasteiger partial charge in [-0.2, -0.15) is 11.8 Å². The first-order chi connectivity index (χ1) is 13.2. The fourth-order valence-corrected chi connectivity index (χ4v) is 5.47. The quantitative estimate of drug-likeness (QED) is 0.834. The molecule has 1 aliphatic carbocycles. The van der Waals surface area contributed by atoms with Crippen LogP contribution in [0.3, 0.4) is 0 Å². The number of thioether (sulfide) groups is 1. The maximum absolute atomic E-state index is 13.5. The summed E-state index contributed by atoms with van der Waals surface area (Å²) in [7, 11) is 2.12. The molecule has 1 amide bonds. The number of hydrogen-bond donors (Lipinski definition) is 1. The molecule has 0 unspecified atom stereocenters. The van der Waals surface area contributed by atoms with Crippen molar-refractivity contribution in [2.75, 3.05) is 25.1 Å². The first-order valence-electron chi connectivity index (χ1n) is 9.88. The average Bonchev–Trinajstić information content (AvgIpc) is 3.34. The SMILES string of the molecule is CN(CCc1ccccc1)C1(C(=O)N[C@H]2CCSC2)Cc2ccccc2C1. The highest BCUT2D eigenvalue weighted by Gasteiger charge is 2.47. The van der Waals surface area contributed by atoms with E-state index >= 15 is 0 Å². The van der Waals surface area contributed by atoms with Crippen molar-refractivity contribution in [2.24, 2.45) is 0 Å². The summed E-state index contributed by atoms with van der Waals surface area (Å²) in [6.07, 6.45) is 3.66. The van der Waals surface area contributed by atoms with E-state index in [9.17, 15) is 4.79 Å². The minimum Gasteiger partial charge on any atom is -0.351 e. The Morgan fingerprint density at radius 1 is 1.11 bits per heavy atom. The molecule has 0 bridgehead atoms. The van der Waals surface area contributed by atoms with Crippen LogP contribution in [-0.2, 0) is 24.1 Å². The van der Waals surface area contributed by atoms with E-state index in [0.29, 0.717) is 6.04 Å². The summed E-state index contributed by atoms with van der Waals surface area (Å²) in [5.41, 5.74) is 3.49. The fourth-order valence-electron chi connectivity index (χ4n) is 4.32. The van der Waals surface area contributed by atoms with Crippen molar-refractivity contribution in [1.29, 1.82) is 0 Å². The zero-order chi connectivity index (χ0) is 18.7. The molecule has 2 aliphatic rings. The Bertz CT molecular complexity index is 761. The first kappa shape index (κ1) is 18.6. The molecule has 0 radical (unpaired) electrons. The highest BCUT2D eigenvalue weighted by molar-refractivity contribution is 7.99. The van der Waals surface area contributed by atoms with Gasteiger partial charge in [-0.1, -0.05) is 54.6 Å². The molecule has 2 aromatic carbocycles. The number of carbonyl (C=O) groups excluding carboxylic acids is 1. The summed E-state index contributed by atoms with van der Waals surface area (Å²) in [5.74, 6) is 2.41. The number of benzene rings is 2. The molecule has 27 heavy (non-hydrogen) atoms. The van der Waals surface area contributed by atoms with Crippen LogP contribution in [-0.4, -0.2) is 47.5 Å². The van der Waals surface area contributed by atoms with Gasteiger partial charge < -0.3 is 5.32 Å². The second-order valence-corrected chi connectivity index (χ2v) is 8.99. The molecule has 1 aliphatic heterocycles. The van der Waals surface area contributed by atoms with E-state index in [1.54, 1.807) is 0 Å². The van der Waals surface area contributed by atoms with Gasteiger partial charge >= 0.3 is 0 Å². The van der Waals surface area contributed by atoms with E-state index in [0.717, 1.165) is 43.7 Å². The third kappa shape index (κ3) is 3.92. The Morgan fingerprint density at radius 2 is 1.78 bits per heavy atom. The van der Waals surface area contributed by atoms with E-state index < -0.39 is 5.54 Å². The van der Waals surface area contributed by atoms with Crippen LogP contribution < -0.4 is 5.32 Å². The van der Waals surface area contributed by atoms with Gasteiger partial charge in [-0.15, -0.1) is 0 Å². The lowest BCUT2D eigenvalue weighted by molar-refractivity contribution is -0.133. The van der Waals surface area contributed by atoms with Gasteiger partial charge in [0.1, 0.15) is 5.54 Å². The van der Waals surface area contributed by atoms with Crippen molar-refractivity contribution in [1.82, 2.24) is 10.2 Å². The van der Waals surface area contributed by atoms with Crippen LogP contribution in [0.1, 0.15) is 23.1 Å². The molecule has 1 heterocycles. The lowest BCUT2D eigenvalue weighted by atomic mass is 9.91. The lowest BCUT2D eigenvalue weighted by Gasteiger charge is -2.38. The summed E-state index contributed by atoms with van der Waals surface area (Å²) in [6, 6.07) is 19.4. The Balaban J connectivity index is 1.53. The van der Waals surface area contributed by atoms with Crippen LogP contribution in [0.4, 0.5) is 0 Å². The number of fused-ring (bicyclic) bond motifs is 1. The topological polar surface area (TPSA) is 32.3 Å². The third-order valence-electron chi connectivity index (χ3n) is 6.08. The highest BCUT2D eigenvalue weighted by Crippen LogP contribution is 2.35. The van der Waals surface area contributed by atoms with Crippen molar-refractivity contribution in [2.45, 2.75) is 37.3 Å². The number of nitrogens with one attached hydrogen (secondary N) is 1. The first-order valence-corrected chi connectivity index (χ1v) is 11.0. The summed E-state index contributed by atoms with van der Waals surface area (Å²) in [6.45, 7) is 0.880. The lowest BCUT2D eigenvalue weighted by Crippen LogP contribution is -2.60. The Kier molecular flexibility index (Phi) is 5.55. The van der Waals surface area contributed by atoms with E-state index in [4.69, 9.17) is 0 Å². The van der Waals surface area contributed by atoms with Crippen molar-refractivity contribution < 1.29 is 4.79 Å². The van der Waals surface area contributed by atoms with Gasteiger partial charge in [0.05, 0.1) is 0 Å². The molecule has 3 nitrogen and oxygen atoms in total. The van der Waals surface area contributed by atoms with Crippen molar-refractivity contribution >= 4 is 17.7 Å². The zero-order valence-electron chi connectivity index (χ0n) is 16.0. The number of nitrogens with zero attached hydrogens (tertiary/aromatic N) is 1. The van der Waals surface area contributed by atoms with Gasteiger partial charge in [0, 0.05) is 31.2 Å². The van der Waals surface area contributed by atoms with Crippen LogP contribution >= 0.6 is 11.8 Å². The number of hydrogen-bond acceptors (Lipinski definition) is 3. The summed E-state index contributed by atoms with van der Waals surface area (Å²) in [4.78, 5) is 15.8. The Hall–Kier alpha value is -1.78. The summed E-state index contributed by atoms with van der Waals surface area (Å²) >= 11 is 1.94. The second kappa shape index (κ2) is 8.07. The number of amides is 1. The predicted octanol–water partition coefficient (Wildman–Crippen LogP) is 3.32. The van der Waals surface area contributed by atoms with Gasteiger partial charge in [-0.05, 0) is 42.3 Å². The van der Waals surface area contributed by atoms with Crippen molar-refractivity contribution in [3.63, 3.8) is 0 Å². The van der Waals surface area contributed by atoms with Gasteiger partial charge in [0.2, 0.25) is 5.91 Å². The highest BCUT2D eigenvalue weighted by atomic mass is 32.2. The van der Waals surface area contributed by atoms with Crippen LogP contribution in [0, 0.1) is 0 Å². The maximum Gasteiger partial charge on any atom is 0.241 e. The van der Waals surface area contributed by atoms with Gasteiger partial charge in [-0.3, -0.25) is 9.69 Å². The molecule has 0 spiro atoms. The molecule has 142 valence electrons. The minimum absolute atomic E-state index is 0.210. The molecule has 0 aromatic heterocycles. The third-order valence-corrected chi connectivity index (χ3v) is 7.24. The van der Waals surface area contributed by atoms with E-state index in [-0.39, 0.29) is 5.91 Å². The van der Waals surface area contributed by atoms with Gasteiger partial charge in [0.15, 0.2) is 0 Å². The average molecular weight is 381 g/mol. The molecule has 1 N–H and O–H groups in total. The number of carbonyl (C=O) groups is 1. The van der Waals surface area contributed by atoms with Crippen LogP contribution in [0.5, 0.6) is 0 Å². The second-order valence-electron chi connectivity index (χ2n) is 7.84. The molecule has 2 aromatic rings. The van der Waals surface area contributed by atoms with E-state index in [2.05, 4.69) is 71.9 Å². The Morgan fingerprint density at radius 3 is 2.41 bits per heavy atom. The van der Waals surface area contributed by atoms with Crippen molar-refractivity contribution in [3.05, 3.63) is 71.3 Å². The van der Waals surface area contributed by atoms with E-state index in [1.807, 2.05) is 11.8 Å². The minimum atomic E-state index is -0.467. The molecule has 4 rings (SSSR count). The Labute approximate surface area is 166 Å². The zero-order valence-corrected chi connectivity index (χ0v) is 16.8.